The number of nitrogens with zero attached hydrogens (tertiary/aromatic N) is 1. The molecule has 0 aromatic heterocycles. The van der Waals surface area contributed by atoms with Gasteiger partial charge >= 0.3 is 5.97 Å². The van der Waals surface area contributed by atoms with E-state index in [4.69, 9.17) is 5.11 Å². The molecular formula is C10H20N2O5S. The van der Waals surface area contributed by atoms with Crippen LogP contribution in [-0.2, 0) is 15.0 Å². The zero-order valence-electron chi connectivity index (χ0n) is 10.5. The van der Waals surface area contributed by atoms with Crippen LogP contribution in [0.15, 0.2) is 0 Å². The standard InChI is InChI=1S/C10H20N2O5S/c1-7-5-3-4-6-12(7)18(16,17)11-9(8(2)13)10(14)15/h7-9,11,13H,3-6H2,1-2H3,(H,14,15)/t7?,8-,9+/m1/s1. The van der Waals surface area contributed by atoms with Gasteiger partial charge in [-0.2, -0.15) is 17.4 Å². The quantitative estimate of drug-likeness (QED) is 0.631. The summed E-state index contributed by atoms with van der Waals surface area (Å²) in [6, 6.07) is -1.68. The van der Waals surface area contributed by atoms with Crippen LogP contribution in [0.3, 0.4) is 0 Å². The van der Waals surface area contributed by atoms with Crippen LogP contribution in [0.25, 0.3) is 0 Å². The van der Waals surface area contributed by atoms with E-state index < -0.39 is 28.3 Å². The third kappa shape index (κ3) is 3.64. The average Bonchev–Trinajstić information content (AvgIpc) is 2.25. The minimum atomic E-state index is -3.88. The molecule has 1 fully saturated rings. The number of aliphatic hydroxyl groups excluding tert-OH is 1. The van der Waals surface area contributed by atoms with E-state index in [-0.39, 0.29) is 6.04 Å². The Morgan fingerprint density at radius 2 is 2.06 bits per heavy atom. The molecule has 0 amide bonds. The van der Waals surface area contributed by atoms with E-state index in [9.17, 15) is 18.3 Å². The SMILES string of the molecule is CC1CCCCN1S(=O)(=O)N[C@H](C(=O)O)[C@@H](C)O. The average molecular weight is 280 g/mol. The van der Waals surface area contributed by atoms with Crippen molar-refractivity contribution >= 4 is 16.2 Å². The van der Waals surface area contributed by atoms with Crippen LogP contribution < -0.4 is 4.72 Å². The molecule has 3 N–H and O–H groups in total. The summed E-state index contributed by atoms with van der Waals surface area (Å²) in [5, 5.41) is 18.1. The first-order valence-corrected chi connectivity index (χ1v) is 7.39. The number of carboxylic acids is 1. The summed E-state index contributed by atoms with van der Waals surface area (Å²) in [6.45, 7) is 3.40. The zero-order chi connectivity index (χ0) is 13.9. The lowest BCUT2D eigenvalue weighted by molar-refractivity contribution is -0.141. The molecule has 0 spiro atoms. The summed E-state index contributed by atoms with van der Waals surface area (Å²) < 4.78 is 27.4. The highest BCUT2D eigenvalue weighted by atomic mass is 32.2. The lowest BCUT2D eigenvalue weighted by Gasteiger charge is -2.33. The van der Waals surface area contributed by atoms with Crippen molar-refractivity contribution in [2.75, 3.05) is 6.54 Å². The Hall–Kier alpha value is -0.700. The summed E-state index contributed by atoms with van der Waals surface area (Å²) >= 11 is 0. The molecule has 1 heterocycles. The topological polar surface area (TPSA) is 107 Å². The third-order valence-electron chi connectivity index (χ3n) is 3.08. The van der Waals surface area contributed by atoms with Crippen LogP contribution in [0.4, 0.5) is 0 Å². The van der Waals surface area contributed by atoms with Crippen molar-refractivity contribution < 1.29 is 23.4 Å². The number of piperidine rings is 1. The molecule has 18 heavy (non-hydrogen) atoms. The number of hydrogen-bond acceptors (Lipinski definition) is 4. The molecule has 0 radical (unpaired) electrons. The first kappa shape index (κ1) is 15.4. The lowest BCUT2D eigenvalue weighted by Crippen LogP contribution is -2.55. The van der Waals surface area contributed by atoms with Gasteiger partial charge in [0, 0.05) is 12.6 Å². The fourth-order valence-electron chi connectivity index (χ4n) is 2.01. The maximum Gasteiger partial charge on any atom is 0.324 e. The van der Waals surface area contributed by atoms with E-state index >= 15 is 0 Å². The van der Waals surface area contributed by atoms with Crippen LogP contribution in [0, 0.1) is 0 Å². The van der Waals surface area contributed by atoms with Gasteiger partial charge < -0.3 is 10.2 Å². The third-order valence-corrected chi connectivity index (χ3v) is 4.79. The van der Waals surface area contributed by atoms with Gasteiger partial charge in [-0.1, -0.05) is 6.42 Å². The van der Waals surface area contributed by atoms with Crippen LogP contribution in [0.1, 0.15) is 33.1 Å². The number of hydrogen-bond donors (Lipinski definition) is 3. The van der Waals surface area contributed by atoms with Crippen molar-refractivity contribution in [3.8, 4) is 0 Å². The Balaban J connectivity index is 2.82. The molecule has 1 unspecified atom stereocenters. The molecule has 0 saturated carbocycles. The highest BCUT2D eigenvalue weighted by Gasteiger charge is 2.35. The molecule has 8 heteroatoms. The van der Waals surface area contributed by atoms with Crippen molar-refractivity contribution in [1.82, 2.24) is 9.03 Å². The monoisotopic (exact) mass is 280 g/mol. The second-order valence-electron chi connectivity index (χ2n) is 4.63. The van der Waals surface area contributed by atoms with Gasteiger partial charge in [0.2, 0.25) is 0 Å². The highest BCUT2D eigenvalue weighted by Crippen LogP contribution is 2.19. The van der Waals surface area contributed by atoms with Gasteiger partial charge in [0.05, 0.1) is 6.10 Å². The molecule has 0 aromatic carbocycles. The molecule has 106 valence electrons. The highest BCUT2D eigenvalue weighted by molar-refractivity contribution is 7.87. The summed E-state index contributed by atoms with van der Waals surface area (Å²) in [5.41, 5.74) is 0. The molecule has 7 nitrogen and oxygen atoms in total. The zero-order valence-corrected chi connectivity index (χ0v) is 11.4. The fourth-order valence-corrected chi connectivity index (χ4v) is 3.71. The minimum Gasteiger partial charge on any atom is -0.480 e. The van der Waals surface area contributed by atoms with Gasteiger partial charge in [-0.3, -0.25) is 4.79 Å². The van der Waals surface area contributed by atoms with E-state index in [1.165, 1.54) is 11.2 Å². The van der Waals surface area contributed by atoms with Gasteiger partial charge in [0.15, 0.2) is 0 Å². The molecule has 3 atom stereocenters. The van der Waals surface area contributed by atoms with Crippen molar-refractivity contribution in [1.29, 1.82) is 0 Å². The van der Waals surface area contributed by atoms with Gasteiger partial charge in [-0.15, -0.1) is 0 Å². The Kier molecular flexibility index (Phi) is 5.09. The number of carbonyl (C=O) groups is 1. The first-order valence-electron chi connectivity index (χ1n) is 5.95. The molecule has 1 aliphatic heterocycles. The van der Waals surface area contributed by atoms with E-state index in [1.807, 2.05) is 4.72 Å². The summed E-state index contributed by atoms with van der Waals surface area (Å²) in [5.74, 6) is -1.39. The Morgan fingerprint density at radius 3 is 2.50 bits per heavy atom. The molecule has 0 aromatic rings. The Bertz CT molecular complexity index is 395. The summed E-state index contributed by atoms with van der Waals surface area (Å²) in [6.07, 6.45) is 1.19. The summed E-state index contributed by atoms with van der Waals surface area (Å²) in [7, 11) is -3.88. The number of aliphatic hydroxyl groups is 1. The van der Waals surface area contributed by atoms with E-state index in [0.717, 1.165) is 19.3 Å². The second kappa shape index (κ2) is 5.96. The Morgan fingerprint density at radius 1 is 1.44 bits per heavy atom. The van der Waals surface area contributed by atoms with E-state index in [2.05, 4.69) is 0 Å². The van der Waals surface area contributed by atoms with Crippen molar-refractivity contribution in [2.24, 2.45) is 0 Å². The van der Waals surface area contributed by atoms with Gasteiger partial charge in [0.25, 0.3) is 10.2 Å². The maximum absolute atomic E-state index is 12.1. The Labute approximate surface area is 107 Å². The normalized spacial score (nSPS) is 25.6. The van der Waals surface area contributed by atoms with Crippen molar-refractivity contribution in [3.05, 3.63) is 0 Å². The predicted octanol–water partition coefficient (Wildman–Crippen LogP) is -0.471. The van der Waals surface area contributed by atoms with Gasteiger partial charge in [-0.05, 0) is 26.7 Å². The fraction of sp³-hybridized carbons (Fsp3) is 0.900. The van der Waals surface area contributed by atoms with Crippen LogP contribution in [-0.4, -0.2) is 53.6 Å². The maximum atomic E-state index is 12.1. The molecule has 1 aliphatic rings. The molecule has 1 saturated heterocycles. The van der Waals surface area contributed by atoms with Gasteiger partial charge in [-0.25, -0.2) is 0 Å². The van der Waals surface area contributed by atoms with Crippen molar-refractivity contribution in [2.45, 2.75) is 51.3 Å². The van der Waals surface area contributed by atoms with Crippen molar-refractivity contribution in [3.63, 3.8) is 0 Å². The smallest absolute Gasteiger partial charge is 0.324 e. The van der Waals surface area contributed by atoms with Crippen LogP contribution in [0.5, 0.6) is 0 Å². The van der Waals surface area contributed by atoms with Gasteiger partial charge in [0.1, 0.15) is 6.04 Å². The molecule has 0 bridgehead atoms. The van der Waals surface area contributed by atoms with Crippen LogP contribution in [0.2, 0.25) is 0 Å². The largest absolute Gasteiger partial charge is 0.480 e. The van der Waals surface area contributed by atoms with E-state index in [1.54, 1.807) is 6.92 Å². The molecular weight excluding hydrogens is 260 g/mol. The number of carboxylic acid groups (broad SMARTS) is 1. The second-order valence-corrected chi connectivity index (χ2v) is 6.29. The number of nitrogens with one attached hydrogen (secondary N) is 1. The summed E-state index contributed by atoms with van der Waals surface area (Å²) in [4.78, 5) is 10.9. The molecule has 1 rings (SSSR count). The first-order chi connectivity index (χ1) is 8.25. The molecule has 0 aliphatic carbocycles. The predicted molar refractivity (Wildman–Crippen MR) is 65.2 cm³/mol. The van der Waals surface area contributed by atoms with E-state index in [0.29, 0.717) is 6.54 Å². The lowest BCUT2D eigenvalue weighted by atomic mass is 10.1. The van der Waals surface area contributed by atoms with Crippen LogP contribution >= 0.6 is 0 Å². The minimum absolute atomic E-state index is 0.153. The number of rotatable bonds is 5. The number of aliphatic carboxylic acids is 1.